The number of hydrogen-bond acceptors (Lipinski definition) is 16. The van der Waals surface area contributed by atoms with Gasteiger partial charge in [0.05, 0.1) is 24.2 Å². The van der Waals surface area contributed by atoms with Crippen LogP contribution in [0.15, 0.2) is 12.3 Å². The second-order valence-corrected chi connectivity index (χ2v) is 16.5. The standard InChI is InChI=1S/C27H40ClFN4O14P2/c1-15(2)45-26(35)40-12-43-49(39,44-13-41-27(36)46-16(3)4)14-48(37,38)42-11-19-21(34)20(29)24(47-19)33-10-9-18-22(30-17-7-5-6-8-17)31-25(28)32-23(18)33/h9-10,15-17,19-21,24,34H,5-8,11-14H2,1-4H3,(H,37,38)(H,30,31,32)/t19-,20+,21-,24-/m1/s1. The van der Waals surface area contributed by atoms with Gasteiger partial charge in [0, 0.05) is 12.2 Å². The van der Waals surface area contributed by atoms with Crippen molar-refractivity contribution in [2.45, 2.75) is 96.2 Å². The molecule has 1 saturated heterocycles. The van der Waals surface area contributed by atoms with E-state index in [2.05, 4.69) is 24.8 Å². The van der Waals surface area contributed by atoms with E-state index < -0.39 is 90.4 Å². The van der Waals surface area contributed by atoms with Crippen molar-refractivity contribution in [3.8, 4) is 0 Å². The van der Waals surface area contributed by atoms with Crippen LogP contribution in [0.1, 0.15) is 59.6 Å². The summed E-state index contributed by atoms with van der Waals surface area (Å²) in [6, 6.07) is 1.84. The highest BCUT2D eigenvalue weighted by molar-refractivity contribution is 7.70. The molecular weight excluding hydrogens is 721 g/mol. The summed E-state index contributed by atoms with van der Waals surface area (Å²) in [7, 11) is -9.68. The fourth-order valence-electron chi connectivity index (χ4n) is 4.98. The molecule has 2 aromatic rings. The molecule has 1 saturated carbocycles. The van der Waals surface area contributed by atoms with Gasteiger partial charge >= 0.3 is 27.5 Å². The molecule has 0 amide bonds. The minimum Gasteiger partial charge on any atom is -0.432 e. The van der Waals surface area contributed by atoms with Gasteiger partial charge < -0.3 is 48.1 Å². The number of aliphatic hydroxyl groups excluding tert-OH is 1. The topological polar surface area (TPSA) is 225 Å². The van der Waals surface area contributed by atoms with Crippen molar-refractivity contribution in [1.82, 2.24) is 14.5 Å². The molecular formula is C27H40ClFN4O14P2. The maximum absolute atomic E-state index is 15.4. The van der Waals surface area contributed by atoms with Crippen molar-refractivity contribution in [3.63, 3.8) is 0 Å². The summed E-state index contributed by atoms with van der Waals surface area (Å²) in [5.74, 6) is -0.876. The maximum atomic E-state index is 15.4. The third-order valence-corrected chi connectivity index (χ3v) is 11.7. The molecule has 0 radical (unpaired) electrons. The zero-order valence-electron chi connectivity index (χ0n) is 27.1. The summed E-state index contributed by atoms with van der Waals surface area (Å²) in [5, 5.41) is 14.4. The number of halogens is 2. The number of carbonyl (C=O) groups is 2. The summed E-state index contributed by atoms with van der Waals surface area (Å²) in [5.41, 5.74) is 0.226. The van der Waals surface area contributed by atoms with E-state index in [4.69, 9.17) is 39.4 Å². The van der Waals surface area contributed by atoms with Crippen LogP contribution in [0.25, 0.3) is 11.0 Å². The van der Waals surface area contributed by atoms with Crippen molar-refractivity contribution >= 4 is 56.0 Å². The molecule has 49 heavy (non-hydrogen) atoms. The lowest BCUT2D eigenvalue weighted by Gasteiger charge is -2.22. The Balaban J connectivity index is 1.41. The maximum Gasteiger partial charge on any atom is 0.510 e. The van der Waals surface area contributed by atoms with Crippen molar-refractivity contribution in [3.05, 3.63) is 17.5 Å². The van der Waals surface area contributed by atoms with Gasteiger partial charge in [-0.2, -0.15) is 4.98 Å². The van der Waals surface area contributed by atoms with Crippen LogP contribution >= 0.6 is 26.8 Å². The fourth-order valence-corrected chi connectivity index (χ4v) is 8.76. The number of nitrogens with zero attached hydrogens (tertiary/aromatic N) is 3. The van der Waals surface area contributed by atoms with Gasteiger partial charge in [-0.25, -0.2) is 19.0 Å². The SMILES string of the molecule is CC(C)OC(=O)OCOP(=O)(CP(=O)(O)OC[C@H]1O[C@@H](n2ccc3c(NC4CCCC4)nc(Cl)nc32)[C@@H](F)[C@@H]1O)OCOC(=O)OC(C)C. The summed E-state index contributed by atoms with van der Waals surface area (Å²) in [6.07, 6.45) is -4.73. The van der Waals surface area contributed by atoms with Gasteiger partial charge in [-0.3, -0.25) is 18.2 Å². The molecule has 22 heteroatoms. The molecule has 3 N–H and O–H groups in total. The zero-order valence-corrected chi connectivity index (χ0v) is 29.7. The first-order valence-corrected chi connectivity index (χ1v) is 19.2. The first-order chi connectivity index (χ1) is 23.1. The Hall–Kier alpha value is -2.60. The molecule has 2 fully saturated rings. The van der Waals surface area contributed by atoms with Gasteiger partial charge in [-0.1, -0.05) is 12.8 Å². The van der Waals surface area contributed by atoms with Gasteiger partial charge in [0.25, 0.3) is 0 Å². The molecule has 18 nitrogen and oxygen atoms in total. The molecule has 1 aliphatic heterocycles. The van der Waals surface area contributed by atoms with E-state index >= 15 is 4.39 Å². The van der Waals surface area contributed by atoms with Gasteiger partial charge in [-0.05, 0) is 58.2 Å². The molecule has 0 spiro atoms. The number of anilines is 1. The van der Waals surface area contributed by atoms with Crippen molar-refractivity contribution in [2.75, 3.05) is 31.4 Å². The van der Waals surface area contributed by atoms with Gasteiger partial charge in [0.1, 0.15) is 23.7 Å². The van der Waals surface area contributed by atoms with E-state index in [0.29, 0.717) is 11.2 Å². The van der Waals surface area contributed by atoms with Crippen molar-refractivity contribution < 1.29 is 70.4 Å². The van der Waals surface area contributed by atoms with Crippen LogP contribution in [0.3, 0.4) is 0 Å². The lowest BCUT2D eigenvalue weighted by molar-refractivity contribution is -0.0425. The predicted octanol–water partition coefficient (Wildman–Crippen LogP) is 5.46. The number of aliphatic hydroxyl groups is 1. The van der Waals surface area contributed by atoms with Crippen LogP contribution in [0.4, 0.5) is 19.8 Å². The van der Waals surface area contributed by atoms with Crippen LogP contribution in [0.2, 0.25) is 5.28 Å². The molecule has 1 aliphatic carbocycles. The Kier molecular flexibility index (Phi) is 13.7. The minimum absolute atomic E-state index is 0.0960. The number of ether oxygens (including phenoxy) is 5. The number of rotatable bonds is 16. The first-order valence-electron chi connectivity index (χ1n) is 15.4. The highest BCUT2D eigenvalue weighted by Crippen LogP contribution is 2.61. The third kappa shape index (κ3) is 11.2. The molecule has 0 aromatic carbocycles. The Labute approximate surface area is 285 Å². The minimum atomic E-state index is -4.96. The number of fused-ring (bicyclic) bond motifs is 1. The molecule has 1 unspecified atom stereocenters. The lowest BCUT2D eigenvalue weighted by Crippen LogP contribution is -2.31. The van der Waals surface area contributed by atoms with E-state index in [1.165, 1.54) is 38.5 Å². The molecule has 3 heterocycles. The highest BCUT2D eigenvalue weighted by atomic mass is 35.5. The predicted molar refractivity (Wildman–Crippen MR) is 169 cm³/mol. The fraction of sp³-hybridized carbons (Fsp3) is 0.704. The zero-order chi connectivity index (χ0) is 35.9. The molecule has 276 valence electrons. The summed E-state index contributed by atoms with van der Waals surface area (Å²) >= 11 is 6.18. The average molecular weight is 761 g/mol. The molecule has 0 bridgehead atoms. The van der Waals surface area contributed by atoms with E-state index in [1.807, 2.05) is 0 Å². The Morgan fingerprint density at radius 1 is 1.06 bits per heavy atom. The van der Waals surface area contributed by atoms with Crippen molar-refractivity contribution in [2.24, 2.45) is 0 Å². The van der Waals surface area contributed by atoms with Crippen LogP contribution in [-0.4, -0.2) is 99.6 Å². The second kappa shape index (κ2) is 17.1. The van der Waals surface area contributed by atoms with E-state index in [1.54, 1.807) is 6.07 Å². The smallest absolute Gasteiger partial charge is 0.432 e. The van der Waals surface area contributed by atoms with E-state index in [-0.39, 0.29) is 17.0 Å². The lowest BCUT2D eigenvalue weighted by atomic mass is 10.1. The van der Waals surface area contributed by atoms with E-state index in [0.717, 1.165) is 25.7 Å². The Morgan fingerprint density at radius 2 is 1.65 bits per heavy atom. The second-order valence-electron chi connectivity index (χ2n) is 11.7. The van der Waals surface area contributed by atoms with Gasteiger partial charge in [-0.15, -0.1) is 0 Å². The molecule has 5 atom stereocenters. The van der Waals surface area contributed by atoms with Crippen LogP contribution < -0.4 is 5.32 Å². The normalized spacial score (nSPS) is 22.8. The van der Waals surface area contributed by atoms with Crippen molar-refractivity contribution in [1.29, 1.82) is 0 Å². The molecule has 2 aromatic heterocycles. The number of alkyl halides is 1. The Bertz CT molecular complexity index is 1510. The van der Waals surface area contributed by atoms with Gasteiger partial charge in [0.2, 0.25) is 18.9 Å². The Morgan fingerprint density at radius 3 is 2.22 bits per heavy atom. The molecule has 2 aliphatic rings. The van der Waals surface area contributed by atoms with Crippen LogP contribution in [0, 0.1) is 0 Å². The summed E-state index contributed by atoms with van der Waals surface area (Å²) in [4.78, 5) is 42.4. The van der Waals surface area contributed by atoms with Crippen LogP contribution in [-0.2, 0) is 46.4 Å². The summed E-state index contributed by atoms with van der Waals surface area (Å²) in [6.45, 7) is 3.21. The van der Waals surface area contributed by atoms with Crippen LogP contribution in [0.5, 0.6) is 0 Å². The monoisotopic (exact) mass is 760 g/mol. The molecule has 4 rings (SSSR count). The largest absolute Gasteiger partial charge is 0.510 e. The van der Waals surface area contributed by atoms with E-state index in [9.17, 15) is 28.7 Å². The summed E-state index contributed by atoms with van der Waals surface area (Å²) < 4.78 is 82.6. The number of aromatic nitrogens is 3. The highest BCUT2D eigenvalue weighted by Gasteiger charge is 2.47. The first kappa shape index (κ1) is 39.2. The number of carbonyl (C=O) groups excluding carboxylic acids is 2. The number of nitrogens with one attached hydrogen (secondary N) is 1. The quantitative estimate of drug-likeness (QED) is 0.0835. The van der Waals surface area contributed by atoms with Gasteiger partial charge in [0.15, 0.2) is 18.3 Å². The number of hydrogen-bond donors (Lipinski definition) is 3. The average Bonchev–Trinajstić information content (AvgIpc) is 3.71. The third-order valence-electron chi connectivity index (χ3n) is 7.12.